The smallest absolute Gasteiger partial charge is 0.0540 e. The van der Waals surface area contributed by atoms with E-state index in [-0.39, 0.29) is 5.41 Å². The summed E-state index contributed by atoms with van der Waals surface area (Å²) in [6.07, 6.45) is 0. The monoisotopic (exact) mass is 719 g/mol. The summed E-state index contributed by atoms with van der Waals surface area (Å²) in [5.41, 5.74) is 13.6. The molecule has 0 fully saturated rings. The molecule has 0 saturated carbocycles. The molecule has 2 heteroatoms. The second-order valence-corrected chi connectivity index (χ2v) is 16.3. The van der Waals surface area contributed by atoms with E-state index in [2.05, 4.69) is 207 Å². The molecule has 0 amide bonds. The van der Waals surface area contributed by atoms with Crippen LogP contribution in [-0.4, -0.2) is 0 Å². The Morgan fingerprint density at radius 3 is 1.93 bits per heavy atom. The number of anilines is 3. The summed E-state index contributed by atoms with van der Waals surface area (Å²) in [7, 11) is 0. The average molecular weight is 720 g/mol. The predicted octanol–water partition coefficient (Wildman–Crippen LogP) is 15.5. The van der Waals surface area contributed by atoms with Gasteiger partial charge in [-0.25, -0.2) is 0 Å². The number of fused-ring (bicyclic) bond motifs is 9. The van der Waals surface area contributed by atoms with Gasteiger partial charge in [-0.2, -0.15) is 0 Å². The van der Waals surface area contributed by atoms with Gasteiger partial charge in [0.1, 0.15) is 0 Å². The Labute approximate surface area is 325 Å². The largest absolute Gasteiger partial charge is 0.310 e. The van der Waals surface area contributed by atoms with Gasteiger partial charge in [-0.15, -0.1) is 11.3 Å². The summed E-state index contributed by atoms with van der Waals surface area (Å²) in [6.45, 7) is 4.73. The van der Waals surface area contributed by atoms with Crippen LogP contribution in [0, 0.1) is 0 Å². The van der Waals surface area contributed by atoms with Crippen molar-refractivity contribution in [3.63, 3.8) is 0 Å². The van der Waals surface area contributed by atoms with Gasteiger partial charge < -0.3 is 4.90 Å². The molecular weight excluding hydrogens is 683 g/mol. The third-order valence-corrected chi connectivity index (χ3v) is 13.1. The quantitative estimate of drug-likeness (QED) is 0.171. The minimum absolute atomic E-state index is 0.112. The zero-order chi connectivity index (χ0) is 36.7. The van der Waals surface area contributed by atoms with E-state index in [1.165, 1.54) is 86.2 Å². The van der Waals surface area contributed by atoms with Gasteiger partial charge >= 0.3 is 0 Å². The van der Waals surface area contributed by atoms with Crippen LogP contribution in [0.15, 0.2) is 188 Å². The lowest BCUT2D eigenvalue weighted by atomic mass is 9.82. The highest BCUT2D eigenvalue weighted by Gasteiger charge is 2.36. The van der Waals surface area contributed by atoms with Crippen molar-refractivity contribution in [2.45, 2.75) is 19.3 Å². The van der Waals surface area contributed by atoms with Crippen LogP contribution < -0.4 is 4.90 Å². The molecule has 0 atom stereocenters. The lowest BCUT2D eigenvalue weighted by molar-refractivity contribution is 0.660. The molecule has 0 spiro atoms. The molecule has 9 aromatic carbocycles. The van der Waals surface area contributed by atoms with Gasteiger partial charge in [-0.3, -0.25) is 0 Å². The summed E-state index contributed by atoms with van der Waals surface area (Å²) in [5.74, 6) is 0. The van der Waals surface area contributed by atoms with Crippen LogP contribution >= 0.6 is 11.3 Å². The number of hydrogen-bond acceptors (Lipinski definition) is 2. The Bertz CT molecular complexity index is 3120. The molecule has 1 aliphatic rings. The van der Waals surface area contributed by atoms with Crippen LogP contribution in [0.5, 0.6) is 0 Å². The summed E-state index contributed by atoms with van der Waals surface area (Å²) in [6, 6.07) is 69.6. The zero-order valence-electron chi connectivity index (χ0n) is 30.8. The molecule has 1 aliphatic carbocycles. The number of thiophene rings is 1. The van der Waals surface area contributed by atoms with Gasteiger partial charge in [-0.05, 0) is 91.5 Å². The second-order valence-electron chi connectivity index (χ2n) is 15.3. The molecule has 1 aromatic heterocycles. The predicted molar refractivity (Wildman–Crippen MR) is 237 cm³/mol. The van der Waals surface area contributed by atoms with Crippen molar-refractivity contribution in [2.75, 3.05) is 4.90 Å². The molecule has 0 N–H and O–H groups in total. The fourth-order valence-corrected chi connectivity index (χ4v) is 10.5. The van der Waals surface area contributed by atoms with Crippen molar-refractivity contribution >= 4 is 70.1 Å². The molecule has 1 heterocycles. The van der Waals surface area contributed by atoms with Crippen LogP contribution in [0.2, 0.25) is 0 Å². The molecule has 11 rings (SSSR count). The van der Waals surface area contributed by atoms with E-state index in [1.807, 2.05) is 11.3 Å². The molecule has 0 aliphatic heterocycles. The molecular formula is C53H37NS. The van der Waals surface area contributed by atoms with E-state index in [0.29, 0.717) is 0 Å². The first-order valence-electron chi connectivity index (χ1n) is 19.1. The molecule has 0 saturated heterocycles. The summed E-state index contributed by atoms with van der Waals surface area (Å²) < 4.78 is 2.68. The second kappa shape index (κ2) is 12.3. The van der Waals surface area contributed by atoms with Gasteiger partial charge in [0.2, 0.25) is 0 Å². The van der Waals surface area contributed by atoms with Gasteiger partial charge in [0.05, 0.1) is 5.69 Å². The summed E-state index contributed by atoms with van der Waals surface area (Å²) in [5, 5.41) is 7.75. The van der Waals surface area contributed by atoms with Gasteiger partial charge in [0.25, 0.3) is 0 Å². The van der Waals surface area contributed by atoms with Gasteiger partial charge in [0.15, 0.2) is 0 Å². The Hall–Kier alpha value is -6.48. The number of para-hydroxylation sites is 1. The maximum atomic E-state index is 2.47. The fourth-order valence-electron chi connectivity index (χ4n) is 9.20. The molecule has 0 unspecified atom stereocenters. The van der Waals surface area contributed by atoms with Crippen molar-refractivity contribution in [3.05, 3.63) is 199 Å². The van der Waals surface area contributed by atoms with Gasteiger partial charge in [-0.1, -0.05) is 166 Å². The highest BCUT2D eigenvalue weighted by Crippen LogP contribution is 2.52. The Kier molecular flexibility index (Phi) is 7.14. The van der Waals surface area contributed by atoms with Crippen molar-refractivity contribution in [1.82, 2.24) is 0 Å². The number of hydrogen-bond donors (Lipinski definition) is 0. The number of benzene rings is 9. The first-order valence-corrected chi connectivity index (χ1v) is 19.9. The lowest BCUT2D eigenvalue weighted by Crippen LogP contribution is -2.16. The summed E-state index contributed by atoms with van der Waals surface area (Å²) >= 11 is 1.90. The zero-order valence-corrected chi connectivity index (χ0v) is 31.6. The molecule has 260 valence electrons. The normalized spacial score (nSPS) is 13.1. The van der Waals surface area contributed by atoms with Crippen LogP contribution in [0.25, 0.3) is 75.1 Å². The standard InChI is InChI=1S/C53H37NS/c1-53(2)47-22-8-5-17-42(47)43-32-30-38(33-48(43)53)54(49-23-9-6-18-44(49)41-21-11-14-34-13-3-4-16-39(34)41)37-28-25-35(26-29-37)40-20-12-15-36-27-31-46-45-19-7-10-24-50(45)55-52(46)51(36)40/h3-33H,1-2H3. The van der Waals surface area contributed by atoms with Crippen LogP contribution in [0.3, 0.4) is 0 Å². The maximum Gasteiger partial charge on any atom is 0.0540 e. The van der Waals surface area contributed by atoms with Gasteiger partial charge in [0, 0.05) is 47.9 Å². The molecule has 55 heavy (non-hydrogen) atoms. The fraction of sp³-hybridized carbons (Fsp3) is 0.0566. The summed E-state index contributed by atoms with van der Waals surface area (Å²) in [4.78, 5) is 2.47. The number of rotatable bonds is 5. The van der Waals surface area contributed by atoms with E-state index in [9.17, 15) is 0 Å². The van der Waals surface area contributed by atoms with E-state index in [4.69, 9.17) is 0 Å². The Balaban J connectivity index is 1.11. The van der Waals surface area contributed by atoms with Crippen molar-refractivity contribution in [3.8, 4) is 33.4 Å². The first kappa shape index (κ1) is 32.0. The molecule has 1 nitrogen and oxygen atoms in total. The topological polar surface area (TPSA) is 3.24 Å². The Morgan fingerprint density at radius 2 is 1.05 bits per heavy atom. The van der Waals surface area contributed by atoms with Crippen LogP contribution in [0.1, 0.15) is 25.0 Å². The van der Waals surface area contributed by atoms with Crippen molar-refractivity contribution in [2.24, 2.45) is 0 Å². The lowest BCUT2D eigenvalue weighted by Gasteiger charge is -2.30. The average Bonchev–Trinajstić information content (AvgIpc) is 3.73. The van der Waals surface area contributed by atoms with Crippen molar-refractivity contribution < 1.29 is 0 Å². The van der Waals surface area contributed by atoms with Crippen LogP contribution in [-0.2, 0) is 5.41 Å². The van der Waals surface area contributed by atoms with Crippen LogP contribution in [0.4, 0.5) is 17.1 Å². The van der Waals surface area contributed by atoms with E-state index >= 15 is 0 Å². The minimum Gasteiger partial charge on any atom is -0.310 e. The first-order chi connectivity index (χ1) is 27.0. The SMILES string of the molecule is CC1(C)c2ccccc2-c2ccc(N(c3ccc(-c4cccc5ccc6c7ccccc7sc6c45)cc3)c3ccccc3-c3cccc4ccccc34)cc21. The maximum absolute atomic E-state index is 2.47. The molecule has 0 radical (unpaired) electrons. The minimum atomic E-state index is -0.112. The third kappa shape index (κ3) is 4.92. The number of nitrogens with zero attached hydrogens (tertiary/aromatic N) is 1. The molecule has 0 bridgehead atoms. The van der Waals surface area contributed by atoms with E-state index in [1.54, 1.807) is 0 Å². The van der Waals surface area contributed by atoms with E-state index in [0.717, 1.165) is 17.1 Å². The highest BCUT2D eigenvalue weighted by molar-refractivity contribution is 7.26. The van der Waals surface area contributed by atoms with Crippen molar-refractivity contribution in [1.29, 1.82) is 0 Å². The molecule has 10 aromatic rings. The third-order valence-electron chi connectivity index (χ3n) is 11.9. The van der Waals surface area contributed by atoms with E-state index < -0.39 is 0 Å². The highest BCUT2D eigenvalue weighted by atomic mass is 32.1. The Morgan fingerprint density at radius 1 is 0.418 bits per heavy atom.